The molecule has 3 aromatic rings. The number of nitrogens with one attached hydrogen (secondary N) is 2. The number of H-pyrrole nitrogens is 1. The predicted molar refractivity (Wildman–Crippen MR) is 118 cm³/mol. The van der Waals surface area contributed by atoms with E-state index in [2.05, 4.69) is 22.3 Å². The molecule has 1 fully saturated rings. The monoisotopic (exact) mass is 444 g/mol. The number of fused-ring (bicyclic) bond motifs is 1. The molecule has 1 amide bonds. The number of halogens is 2. The molecular formula is C23H30F2N6O. The second kappa shape index (κ2) is 8.97. The summed E-state index contributed by atoms with van der Waals surface area (Å²) < 4.78 is 29.1. The van der Waals surface area contributed by atoms with E-state index in [-0.39, 0.29) is 30.7 Å². The number of nitrogens with two attached hydrogens (primary N) is 1. The number of aromatic amines is 1. The second-order valence-corrected chi connectivity index (χ2v) is 8.78. The van der Waals surface area contributed by atoms with Gasteiger partial charge in [-0.05, 0) is 48.9 Å². The largest absolute Gasteiger partial charge is 0.340 e. The van der Waals surface area contributed by atoms with Crippen LogP contribution >= 0.6 is 0 Å². The summed E-state index contributed by atoms with van der Waals surface area (Å²) >= 11 is 0. The Morgan fingerprint density at radius 1 is 1.34 bits per heavy atom. The van der Waals surface area contributed by atoms with Gasteiger partial charge in [-0.1, -0.05) is 19.4 Å². The number of hydrogen-bond acceptors (Lipinski definition) is 4. The Morgan fingerprint density at radius 3 is 2.75 bits per heavy atom. The zero-order valence-corrected chi connectivity index (χ0v) is 18.4. The number of nitrogens with zero attached hydrogens (tertiary/aromatic N) is 3. The van der Waals surface area contributed by atoms with E-state index < -0.39 is 12.0 Å². The smallest absolute Gasteiger partial charge is 0.270 e. The molecule has 32 heavy (non-hydrogen) atoms. The number of benzene rings is 1. The van der Waals surface area contributed by atoms with Crippen molar-refractivity contribution in [2.24, 2.45) is 18.7 Å². The summed E-state index contributed by atoms with van der Waals surface area (Å²) in [5.74, 6) is -2.52. The van der Waals surface area contributed by atoms with Gasteiger partial charge >= 0.3 is 0 Å². The molecule has 1 aliphatic rings. The molecule has 0 radical (unpaired) electrons. The molecule has 2 atom stereocenters. The maximum absolute atomic E-state index is 13.8. The number of carbonyl (C=O) groups excluding carboxylic acids is 1. The van der Waals surface area contributed by atoms with Crippen LogP contribution in [0, 0.1) is 5.92 Å². The normalized spacial score (nSPS) is 18.5. The fourth-order valence-electron chi connectivity index (χ4n) is 4.52. The van der Waals surface area contributed by atoms with Crippen LogP contribution in [0.5, 0.6) is 0 Å². The fourth-order valence-corrected chi connectivity index (χ4v) is 4.52. The third kappa shape index (κ3) is 4.67. The van der Waals surface area contributed by atoms with Gasteiger partial charge < -0.3 is 16.0 Å². The molecule has 0 bridgehead atoms. The quantitative estimate of drug-likeness (QED) is 0.503. The number of carbonyl (C=O) groups is 1. The lowest BCUT2D eigenvalue weighted by atomic mass is 9.81. The first-order valence-electron chi connectivity index (χ1n) is 11.2. The van der Waals surface area contributed by atoms with Crippen LogP contribution in [0.1, 0.15) is 79.4 Å². The third-order valence-electron chi connectivity index (χ3n) is 6.42. The van der Waals surface area contributed by atoms with Gasteiger partial charge in [0, 0.05) is 32.1 Å². The van der Waals surface area contributed by atoms with Gasteiger partial charge in [-0.25, -0.2) is 13.8 Å². The molecule has 2 aromatic heterocycles. The highest BCUT2D eigenvalue weighted by Gasteiger charge is 2.39. The first kappa shape index (κ1) is 22.4. The first-order chi connectivity index (χ1) is 15.3. The highest BCUT2D eigenvalue weighted by atomic mass is 19.3. The van der Waals surface area contributed by atoms with E-state index in [1.807, 2.05) is 18.2 Å². The van der Waals surface area contributed by atoms with Gasteiger partial charge in [-0.3, -0.25) is 9.48 Å². The summed E-state index contributed by atoms with van der Waals surface area (Å²) in [5.41, 5.74) is 9.27. The average Bonchev–Trinajstić information content (AvgIpc) is 3.37. The first-order valence-corrected chi connectivity index (χ1v) is 11.2. The van der Waals surface area contributed by atoms with E-state index in [4.69, 9.17) is 10.7 Å². The minimum absolute atomic E-state index is 0.0583. The van der Waals surface area contributed by atoms with E-state index in [0.717, 1.165) is 29.4 Å². The lowest BCUT2D eigenvalue weighted by Gasteiger charge is -2.33. The Hall–Kier alpha value is -2.81. The van der Waals surface area contributed by atoms with E-state index >= 15 is 0 Å². The van der Waals surface area contributed by atoms with Crippen molar-refractivity contribution >= 4 is 16.9 Å². The van der Waals surface area contributed by atoms with Crippen molar-refractivity contribution in [1.82, 2.24) is 25.1 Å². The van der Waals surface area contributed by atoms with Crippen molar-refractivity contribution in [3.05, 3.63) is 47.5 Å². The van der Waals surface area contributed by atoms with Crippen LogP contribution < -0.4 is 11.1 Å². The van der Waals surface area contributed by atoms with Crippen LogP contribution in [0.4, 0.5) is 8.78 Å². The van der Waals surface area contributed by atoms with Crippen molar-refractivity contribution < 1.29 is 13.6 Å². The summed E-state index contributed by atoms with van der Waals surface area (Å²) in [6, 6.07) is 6.93. The molecule has 2 heterocycles. The van der Waals surface area contributed by atoms with E-state index in [0.29, 0.717) is 24.4 Å². The molecule has 0 spiro atoms. The second-order valence-electron chi connectivity index (χ2n) is 8.78. The van der Waals surface area contributed by atoms with Gasteiger partial charge in [0.15, 0.2) is 0 Å². The fraction of sp³-hybridized carbons (Fsp3) is 0.522. The number of aromatic nitrogens is 4. The standard InChI is InChI=1S/C23H30F2N6O/c1-3-4-16(26)15-5-6-17-18(13-15)29-21(28-17)20(14-7-10-23(24,25)11-8-14)30-22(32)19-9-12-27-31(19)2/h5-6,9,12-14,16,20H,3-4,7-8,10-11,26H2,1-2H3,(H,28,29)(H,30,32)/t16?,20-/m0/s1. The van der Waals surface area contributed by atoms with Crippen molar-refractivity contribution in [1.29, 1.82) is 0 Å². The Bertz CT molecular complexity index is 1080. The van der Waals surface area contributed by atoms with Crippen LogP contribution in [0.15, 0.2) is 30.5 Å². The molecule has 172 valence electrons. The Kier molecular flexibility index (Phi) is 6.28. The maximum atomic E-state index is 13.8. The average molecular weight is 445 g/mol. The summed E-state index contributed by atoms with van der Waals surface area (Å²) in [7, 11) is 1.69. The molecule has 1 aliphatic carbocycles. The predicted octanol–water partition coefficient (Wildman–Crippen LogP) is 4.39. The van der Waals surface area contributed by atoms with Crippen molar-refractivity contribution in [3.8, 4) is 0 Å². The van der Waals surface area contributed by atoms with Gasteiger partial charge in [0.05, 0.1) is 17.1 Å². The Balaban J connectivity index is 1.65. The summed E-state index contributed by atoms with van der Waals surface area (Å²) in [6.45, 7) is 2.09. The van der Waals surface area contributed by atoms with Gasteiger partial charge in [-0.2, -0.15) is 5.10 Å². The van der Waals surface area contributed by atoms with E-state index in [9.17, 15) is 13.6 Å². The number of alkyl halides is 2. The van der Waals surface area contributed by atoms with Crippen molar-refractivity contribution in [2.75, 3.05) is 0 Å². The van der Waals surface area contributed by atoms with Gasteiger partial charge in [-0.15, -0.1) is 0 Å². The number of rotatable bonds is 7. The molecule has 4 N–H and O–H groups in total. The molecule has 9 heteroatoms. The molecule has 1 saturated carbocycles. The lowest BCUT2D eigenvalue weighted by molar-refractivity contribution is -0.0496. The van der Waals surface area contributed by atoms with Crippen LogP contribution in [0.2, 0.25) is 0 Å². The zero-order valence-electron chi connectivity index (χ0n) is 18.4. The highest BCUT2D eigenvalue weighted by molar-refractivity contribution is 5.92. The third-order valence-corrected chi connectivity index (χ3v) is 6.42. The van der Waals surface area contributed by atoms with Crippen LogP contribution in [-0.2, 0) is 7.05 Å². The molecule has 0 aliphatic heterocycles. The molecule has 4 rings (SSSR count). The van der Waals surface area contributed by atoms with Crippen LogP contribution in [0.25, 0.3) is 11.0 Å². The molecule has 0 saturated heterocycles. The summed E-state index contributed by atoms with van der Waals surface area (Å²) in [4.78, 5) is 21.0. The minimum Gasteiger partial charge on any atom is -0.340 e. The van der Waals surface area contributed by atoms with E-state index in [1.165, 1.54) is 4.68 Å². The number of amides is 1. The minimum atomic E-state index is -2.65. The summed E-state index contributed by atoms with van der Waals surface area (Å²) in [6.07, 6.45) is 3.67. The van der Waals surface area contributed by atoms with E-state index in [1.54, 1.807) is 19.3 Å². The molecule has 7 nitrogen and oxygen atoms in total. The van der Waals surface area contributed by atoms with Crippen LogP contribution in [0.3, 0.4) is 0 Å². The zero-order chi connectivity index (χ0) is 22.9. The van der Waals surface area contributed by atoms with Gasteiger partial charge in [0.1, 0.15) is 11.5 Å². The lowest BCUT2D eigenvalue weighted by Crippen LogP contribution is -2.38. The summed E-state index contributed by atoms with van der Waals surface area (Å²) in [5, 5.41) is 7.08. The van der Waals surface area contributed by atoms with Gasteiger partial charge in [0.2, 0.25) is 5.92 Å². The Morgan fingerprint density at radius 2 is 2.09 bits per heavy atom. The van der Waals surface area contributed by atoms with Crippen molar-refractivity contribution in [2.45, 2.75) is 63.5 Å². The number of aryl methyl sites for hydroxylation is 1. The maximum Gasteiger partial charge on any atom is 0.270 e. The van der Waals surface area contributed by atoms with Crippen molar-refractivity contribution in [3.63, 3.8) is 0 Å². The van der Waals surface area contributed by atoms with Crippen LogP contribution in [-0.4, -0.2) is 31.6 Å². The number of imidazole rings is 1. The highest BCUT2D eigenvalue weighted by Crippen LogP contribution is 2.41. The van der Waals surface area contributed by atoms with Gasteiger partial charge in [0.25, 0.3) is 5.91 Å². The topological polar surface area (TPSA) is 102 Å². The molecule has 1 aromatic carbocycles. The molecular weight excluding hydrogens is 414 g/mol. The Labute approximate surface area is 185 Å². The SMILES string of the molecule is CCCC(N)c1ccc2nc([C@@H](NC(=O)c3ccnn3C)C3CCC(F)(F)CC3)[nH]c2c1. The molecule has 1 unspecified atom stereocenters. The number of hydrogen-bond donors (Lipinski definition) is 3.